The molecular weight excluding hydrogens is 308 g/mol. The molecule has 2 heterocycles. The monoisotopic (exact) mass is 321 g/mol. The minimum absolute atomic E-state index is 0.388. The SMILES string of the molecule is COC(=O)C1=N[N+](C)(c2ccncc2)C(C(=O)OC)=C1[N+](=O)[O-]. The number of carbonyl (C=O) groups is 2. The molecule has 1 atom stereocenters. The normalized spacial score (nSPS) is 20.0. The van der Waals surface area contributed by atoms with Gasteiger partial charge in [0.25, 0.3) is 5.71 Å². The Hall–Kier alpha value is -3.14. The largest absolute Gasteiger partial charge is 0.464 e. The van der Waals surface area contributed by atoms with E-state index in [-0.39, 0.29) is 0 Å². The first-order valence-corrected chi connectivity index (χ1v) is 6.30. The third-order valence-electron chi connectivity index (χ3n) is 3.29. The molecule has 0 aromatic carbocycles. The average molecular weight is 321 g/mol. The maximum absolute atomic E-state index is 12.1. The van der Waals surface area contributed by atoms with Crippen molar-refractivity contribution in [3.8, 4) is 0 Å². The van der Waals surface area contributed by atoms with Crippen LogP contribution < -0.4 is 4.59 Å². The highest BCUT2D eigenvalue weighted by molar-refractivity contribution is 6.44. The lowest BCUT2D eigenvalue weighted by atomic mass is 10.2. The molecule has 1 unspecified atom stereocenters. The molecule has 0 saturated carbocycles. The van der Waals surface area contributed by atoms with E-state index >= 15 is 0 Å². The van der Waals surface area contributed by atoms with Gasteiger partial charge >= 0.3 is 23.3 Å². The predicted molar refractivity (Wildman–Crippen MR) is 77.4 cm³/mol. The zero-order valence-corrected chi connectivity index (χ0v) is 12.5. The van der Waals surface area contributed by atoms with Crippen LogP contribution in [0.25, 0.3) is 0 Å². The van der Waals surface area contributed by atoms with Gasteiger partial charge < -0.3 is 9.47 Å². The first kappa shape index (κ1) is 16.2. The van der Waals surface area contributed by atoms with Gasteiger partial charge in [-0.3, -0.25) is 15.1 Å². The summed E-state index contributed by atoms with van der Waals surface area (Å²) in [6.45, 7) is 0. The van der Waals surface area contributed by atoms with E-state index in [9.17, 15) is 19.7 Å². The molecule has 1 aromatic rings. The third-order valence-corrected chi connectivity index (χ3v) is 3.29. The second-order valence-electron chi connectivity index (χ2n) is 4.55. The number of quaternary nitrogens is 1. The predicted octanol–water partition coefficient (Wildman–Crippen LogP) is 0.223. The molecule has 1 aliphatic heterocycles. The Balaban J connectivity index is 2.79. The Labute approximate surface area is 130 Å². The second kappa shape index (κ2) is 5.93. The Bertz CT molecular complexity index is 742. The molecule has 10 nitrogen and oxygen atoms in total. The van der Waals surface area contributed by atoms with Crippen LogP contribution in [0.3, 0.4) is 0 Å². The van der Waals surface area contributed by atoms with Gasteiger partial charge in [-0.1, -0.05) is 5.10 Å². The molecule has 0 radical (unpaired) electrons. The lowest BCUT2D eigenvalue weighted by Crippen LogP contribution is -2.40. The summed E-state index contributed by atoms with van der Waals surface area (Å²) in [5.74, 6) is -1.99. The number of methoxy groups -OCH3 is 2. The van der Waals surface area contributed by atoms with Gasteiger partial charge in [-0.05, 0) is 0 Å². The molecule has 1 aliphatic rings. The van der Waals surface area contributed by atoms with E-state index in [1.54, 1.807) is 0 Å². The Morgan fingerprint density at radius 1 is 1.17 bits per heavy atom. The number of nitro groups is 1. The highest BCUT2D eigenvalue weighted by Crippen LogP contribution is 2.35. The van der Waals surface area contributed by atoms with Crippen molar-refractivity contribution in [1.82, 2.24) is 9.58 Å². The molecule has 1 aromatic heterocycles. The summed E-state index contributed by atoms with van der Waals surface area (Å²) in [5.41, 5.74) is -1.32. The van der Waals surface area contributed by atoms with Crippen LogP contribution in [0.5, 0.6) is 0 Å². The van der Waals surface area contributed by atoms with E-state index in [2.05, 4.69) is 19.6 Å². The number of carbonyl (C=O) groups excluding carboxylic acids is 2. The maximum Gasteiger partial charge on any atom is 0.403 e. The van der Waals surface area contributed by atoms with E-state index in [0.29, 0.717) is 5.69 Å². The van der Waals surface area contributed by atoms with E-state index in [4.69, 9.17) is 0 Å². The third kappa shape index (κ3) is 2.55. The summed E-state index contributed by atoms with van der Waals surface area (Å²) in [4.78, 5) is 38.4. The minimum atomic E-state index is -1.02. The Morgan fingerprint density at radius 2 is 1.74 bits per heavy atom. The van der Waals surface area contributed by atoms with Crippen LogP contribution in [0.1, 0.15) is 0 Å². The summed E-state index contributed by atoms with van der Waals surface area (Å²) >= 11 is 0. The van der Waals surface area contributed by atoms with Crippen LogP contribution in [-0.4, -0.2) is 48.8 Å². The topological polar surface area (TPSA) is 121 Å². The molecular formula is C13H13N4O6+. The van der Waals surface area contributed by atoms with E-state index < -0.39 is 38.6 Å². The first-order valence-electron chi connectivity index (χ1n) is 6.30. The molecule has 2 rings (SSSR count). The van der Waals surface area contributed by atoms with Gasteiger partial charge in [-0.15, -0.1) is 4.59 Å². The van der Waals surface area contributed by atoms with Gasteiger partial charge in [-0.2, -0.15) is 0 Å². The molecule has 0 fully saturated rings. The van der Waals surface area contributed by atoms with E-state index in [1.807, 2.05) is 0 Å². The van der Waals surface area contributed by atoms with Crippen LogP contribution >= 0.6 is 0 Å². The molecule has 10 heteroatoms. The number of likely N-dealkylation sites (N-methyl/N-ethyl adjacent to an activating group) is 1. The fourth-order valence-electron chi connectivity index (χ4n) is 2.22. The number of rotatable bonds is 4. The smallest absolute Gasteiger partial charge is 0.403 e. The molecule has 0 N–H and O–H groups in total. The molecule has 0 spiro atoms. The molecule has 23 heavy (non-hydrogen) atoms. The van der Waals surface area contributed by atoms with Crippen LogP contribution in [0, 0.1) is 10.1 Å². The summed E-state index contributed by atoms with van der Waals surface area (Å²) in [6, 6.07) is 3.04. The van der Waals surface area contributed by atoms with Gasteiger partial charge in [0.15, 0.2) is 5.69 Å². The van der Waals surface area contributed by atoms with Crippen molar-refractivity contribution in [2.24, 2.45) is 5.10 Å². The molecule has 0 aliphatic carbocycles. The number of pyridine rings is 1. The Morgan fingerprint density at radius 3 is 2.22 bits per heavy atom. The molecule has 0 saturated heterocycles. The van der Waals surface area contributed by atoms with Gasteiger partial charge in [0, 0.05) is 24.5 Å². The lowest BCUT2D eigenvalue weighted by Gasteiger charge is -2.22. The van der Waals surface area contributed by atoms with Crippen LogP contribution in [-0.2, 0) is 19.1 Å². The number of nitrogens with zero attached hydrogens (tertiary/aromatic N) is 4. The van der Waals surface area contributed by atoms with E-state index in [0.717, 1.165) is 14.2 Å². The van der Waals surface area contributed by atoms with Gasteiger partial charge in [0.1, 0.15) is 7.05 Å². The zero-order valence-electron chi connectivity index (χ0n) is 12.5. The van der Waals surface area contributed by atoms with Gasteiger partial charge in [-0.25, -0.2) is 9.59 Å². The number of esters is 2. The molecule has 0 amide bonds. The van der Waals surface area contributed by atoms with Crippen LogP contribution in [0.15, 0.2) is 41.0 Å². The fraction of sp³-hybridized carbons (Fsp3) is 0.231. The van der Waals surface area contributed by atoms with Crippen molar-refractivity contribution in [2.45, 2.75) is 0 Å². The first-order chi connectivity index (χ1) is 10.9. The van der Waals surface area contributed by atoms with Crippen molar-refractivity contribution < 1.29 is 24.0 Å². The number of hydrogen-bond donors (Lipinski definition) is 0. The lowest BCUT2D eigenvalue weighted by molar-refractivity contribution is -0.415. The van der Waals surface area contributed by atoms with Crippen molar-refractivity contribution in [3.05, 3.63) is 46.0 Å². The minimum Gasteiger partial charge on any atom is -0.464 e. The zero-order chi connectivity index (χ0) is 17.2. The number of ether oxygens (including phenoxy) is 2. The van der Waals surface area contributed by atoms with Crippen LogP contribution in [0.2, 0.25) is 0 Å². The highest BCUT2D eigenvalue weighted by atomic mass is 16.6. The Kier molecular flexibility index (Phi) is 4.18. The summed E-state index contributed by atoms with van der Waals surface area (Å²) in [6.07, 6.45) is 2.87. The standard InChI is InChI=1S/C13H13N4O6/c1-17(8-4-6-14-7-5-8)11(13(19)23-3)10(16(20)21)9(15-17)12(18)22-2/h4-7H,1-3H3/q+1. The summed E-state index contributed by atoms with van der Waals surface area (Å²) in [7, 11) is 3.57. The quantitative estimate of drug-likeness (QED) is 0.336. The van der Waals surface area contributed by atoms with Gasteiger partial charge in [0.2, 0.25) is 0 Å². The summed E-state index contributed by atoms with van der Waals surface area (Å²) < 4.78 is 8.50. The maximum atomic E-state index is 12.1. The van der Waals surface area contributed by atoms with E-state index in [1.165, 1.54) is 31.6 Å². The van der Waals surface area contributed by atoms with Gasteiger partial charge in [0.05, 0.1) is 19.1 Å². The number of hydrogen-bond acceptors (Lipinski definition) is 8. The average Bonchev–Trinajstić information content (AvgIpc) is 2.89. The number of aromatic nitrogens is 1. The van der Waals surface area contributed by atoms with Crippen molar-refractivity contribution in [3.63, 3.8) is 0 Å². The summed E-state index contributed by atoms with van der Waals surface area (Å²) in [5, 5.41) is 15.5. The highest BCUT2D eigenvalue weighted by Gasteiger charge is 2.56. The second-order valence-corrected chi connectivity index (χ2v) is 4.55. The van der Waals surface area contributed by atoms with Crippen molar-refractivity contribution >= 4 is 23.3 Å². The van der Waals surface area contributed by atoms with Crippen molar-refractivity contribution in [2.75, 3.05) is 21.3 Å². The van der Waals surface area contributed by atoms with Crippen LogP contribution in [0.4, 0.5) is 5.69 Å². The van der Waals surface area contributed by atoms with Crippen molar-refractivity contribution in [1.29, 1.82) is 0 Å². The molecule has 0 bridgehead atoms. The fourth-order valence-corrected chi connectivity index (χ4v) is 2.22. The molecule has 120 valence electrons.